The van der Waals surface area contributed by atoms with Gasteiger partial charge >= 0.3 is 12.3 Å². The van der Waals surface area contributed by atoms with Gasteiger partial charge in [0.25, 0.3) is 0 Å². The Morgan fingerprint density at radius 1 is 1.47 bits per heavy atom. The fourth-order valence-corrected chi connectivity index (χ4v) is 1.88. The van der Waals surface area contributed by atoms with Gasteiger partial charge in [-0.3, -0.25) is 0 Å². The predicted octanol–water partition coefficient (Wildman–Crippen LogP) is 2.77. The lowest BCUT2D eigenvalue weighted by Crippen LogP contribution is -2.21. The third-order valence-electron chi connectivity index (χ3n) is 1.85. The first kappa shape index (κ1) is 15.8. The smallest absolute Gasteiger partial charge is 0.494 e. The van der Waals surface area contributed by atoms with Gasteiger partial charge in [0.05, 0.1) is 19.9 Å². The van der Waals surface area contributed by atoms with Crippen LogP contribution in [0.5, 0.6) is 11.5 Å². The van der Waals surface area contributed by atoms with E-state index in [2.05, 4.69) is 14.5 Å². The molecular formula is C10H9F3INO4. The molecule has 9 heteroatoms. The third-order valence-corrected chi connectivity index (χ3v) is 2.87. The molecule has 0 aliphatic heterocycles. The van der Waals surface area contributed by atoms with Crippen LogP contribution < -0.4 is 9.47 Å². The second-order valence-electron chi connectivity index (χ2n) is 3.09. The highest BCUT2D eigenvalue weighted by Gasteiger charge is 2.35. The SMILES string of the molecule is CCOC(=O)c1ncc(OC)c(I)c1OC(F)(F)F. The second kappa shape index (κ2) is 6.26. The number of halogens is 4. The zero-order valence-electron chi connectivity index (χ0n) is 9.88. The molecule has 0 amide bonds. The van der Waals surface area contributed by atoms with Crippen LogP contribution in [0.25, 0.3) is 0 Å². The van der Waals surface area contributed by atoms with Crippen LogP contribution in [0.2, 0.25) is 0 Å². The first-order valence-electron chi connectivity index (χ1n) is 4.95. The molecule has 0 radical (unpaired) electrons. The summed E-state index contributed by atoms with van der Waals surface area (Å²) >= 11 is 1.57. The largest absolute Gasteiger partial charge is 0.573 e. The Morgan fingerprint density at radius 2 is 2.11 bits per heavy atom. The molecule has 0 N–H and O–H groups in total. The molecule has 19 heavy (non-hydrogen) atoms. The highest BCUT2D eigenvalue weighted by atomic mass is 127. The summed E-state index contributed by atoms with van der Waals surface area (Å²) < 4.78 is 50.3. The van der Waals surface area contributed by atoms with E-state index in [1.807, 2.05) is 0 Å². The maximum Gasteiger partial charge on any atom is 0.573 e. The number of aromatic nitrogens is 1. The Bertz CT molecular complexity index is 479. The maximum absolute atomic E-state index is 12.3. The molecule has 1 aromatic heterocycles. The minimum Gasteiger partial charge on any atom is -0.494 e. The Labute approximate surface area is 120 Å². The average Bonchev–Trinajstić information content (AvgIpc) is 2.30. The van der Waals surface area contributed by atoms with Crippen LogP contribution in [-0.2, 0) is 4.74 Å². The van der Waals surface area contributed by atoms with Crippen molar-refractivity contribution in [3.63, 3.8) is 0 Å². The summed E-state index contributed by atoms with van der Waals surface area (Å²) in [6.07, 6.45) is -3.83. The van der Waals surface area contributed by atoms with Crippen molar-refractivity contribution in [3.05, 3.63) is 15.5 Å². The standard InChI is InChI=1S/C10H9F3INO4/c1-3-18-9(16)7-8(19-10(11,12)13)6(14)5(17-2)4-15-7/h4H,3H2,1-2H3. The molecule has 0 atom stereocenters. The summed E-state index contributed by atoms with van der Waals surface area (Å²) in [5, 5.41) is 0. The van der Waals surface area contributed by atoms with E-state index >= 15 is 0 Å². The number of rotatable bonds is 4. The third kappa shape index (κ3) is 4.11. The quantitative estimate of drug-likeness (QED) is 0.584. The number of alkyl halides is 3. The molecule has 0 saturated heterocycles. The maximum atomic E-state index is 12.3. The van der Waals surface area contributed by atoms with Crippen molar-refractivity contribution in [1.82, 2.24) is 4.98 Å². The molecule has 0 aliphatic carbocycles. The topological polar surface area (TPSA) is 57.7 Å². The van der Waals surface area contributed by atoms with Crippen LogP contribution in [0.1, 0.15) is 17.4 Å². The lowest BCUT2D eigenvalue weighted by atomic mass is 10.3. The van der Waals surface area contributed by atoms with Gasteiger partial charge in [-0.25, -0.2) is 9.78 Å². The lowest BCUT2D eigenvalue weighted by molar-refractivity contribution is -0.275. The van der Waals surface area contributed by atoms with Crippen molar-refractivity contribution < 1.29 is 32.2 Å². The number of pyridine rings is 1. The van der Waals surface area contributed by atoms with Gasteiger partial charge in [0, 0.05) is 0 Å². The van der Waals surface area contributed by atoms with E-state index in [4.69, 9.17) is 4.74 Å². The summed E-state index contributed by atoms with van der Waals surface area (Å²) in [7, 11) is 1.26. The van der Waals surface area contributed by atoms with Crippen molar-refractivity contribution in [3.8, 4) is 11.5 Å². The molecule has 0 aromatic carbocycles. The van der Waals surface area contributed by atoms with Crippen LogP contribution in [0.4, 0.5) is 13.2 Å². The summed E-state index contributed by atoms with van der Waals surface area (Å²) in [6, 6.07) is 0. The van der Waals surface area contributed by atoms with Crippen LogP contribution >= 0.6 is 22.6 Å². The summed E-state index contributed by atoms with van der Waals surface area (Å²) in [6.45, 7) is 1.53. The average molecular weight is 391 g/mol. The van der Waals surface area contributed by atoms with Gasteiger partial charge in [-0.2, -0.15) is 0 Å². The van der Waals surface area contributed by atoms with Crippen LogP contribution in [-0.4, -0.2) is 31.0 Å². The van der Waals surface area contributed by atoms with Crippen molar-refractivity contribution in [2.75, 3.05) is 13.7 Å². The Hall–Kier alpha value is -1.26. The minimum atomic E-state index is -4.95. The Balaban J connectivity index is 3.30. The molecule has 0 aliphatic rings. The van der Waals surface area contributed by atoms with E-state index in [1.54, 1.807) is 22.6 Å². The van der Waals surface area contributed by atoms with E-state index in [0.29, 0.717) is 0 Å². The molecule has 1 rings (SSSR count). The molecule has 0 bridgehead atoms. The van der Waals surface area contributed by atoms with Gasteiger partial charge in [0.15, 0.2) is 17.2 Å². The van der Waals surface area contributed by atoms with Gasteiger partial charge in [-0.05, 0) is 29.5 Å². The highest BCUT2D eigenvalue weighted by molar-refractivity contribution is 14.1. The lowest BCUT2D eigenvalue weighted by Gasteiger charge is -2.15. The molecule has 0 unspecified atom stereocenters. The molecule has 0 saturated carbocycles. The summed E-state index contributed by atoms with van der Waals surface area (Å²) in [4.78, 5) is 15.1. The van der Waals surface area contributed by atoms with Crippen molar-refractivity contribution in [2.45, 2.75) is 13.3 Å². The fraction of sp³-hybridized carbons (Fsp3) is 0.400. The first-order chi connectivity index (χ1) is 8.80. The van der Waals surface area contributed by atoms with E-state index in [0.717, 1.165) is 6.20 Å². The molecule has 1 heterocycles. The molecule has 5 nitrogen and oxygen atoms in total. The number of ether oxygens (including phenoxy) is 3. The number of esters is 1. The van der Waals surface area contributed by atoms with E-state index < -0.39 is 23.8 Å². The van der Waals surface area contributed by atoms with E-state index in [-0.39, 0.29) is 15.9 Å². The Kier molecular flexibility index (Phi) is 5.20. The van der Waals surface area contributed by atoms with Gasteiger partial charge in [0.2, 0.25) is 0 Å². The molecule has 1 aromatic rings. The number of hydrogen-bond donors (Lipinski definition) is 0. The Morgan fingerprint density at radius 3 is 2.58 bits per heavy atom. The normalized spacial score (nSPS) is 11.1. The van der Waals surface area contributed by atoms with Crippen LogP contribution in [0, 0.1) is 3.57 Å². The first-order valence-corrected chi connectivity index (χ1v) is 6.03. The van der Waals surface area contributed by atoms with E-state index in [9.17, 15) is 18.0 Å². The number of hydrogen-bond acceptors (Lipinski definition) is 5. The van der Waals surface area contributed by atoms with E-state index in [1.165, 1.54) is 14.0 Å². The summed E-state index contributed by atoms with van der Waals surface area (Å²) in [5.74, 6) is -1.67. The van der Waals surface area contributed by atoms with Crippen molar-refractivity contribution >= 4 is 28.6 Å². The number of methoxy groups -OCH3 is 1. The van der Waals surface area contributed by atoms with Crippen LogP contribution in [0.15, 0.2) is 6.20 Å². The second-order valence-corrected chi connectivity index (χ2v) is 4.17. The van der Waals surface area contributed by atoms with Crippen molar-refractivity contribution in [1.29, 1.82) is 0 Å². The van der Waals surface area contributed by atoms with Gasteiger partial charge in [-0.15, -0.1) is 13.2 Å². The molecule has 106 valence electrons. The minimum absolute atomic E-state index is 0.00851. The van der Waals surface area contributed by atoms with Gasteiger partial charge < -0.3 is 14.2 Å². The predicted molar refractivity (Wildman–Crippen MR) is 66.1 cm³/mol. The molecule has 0 fully saturated rings. The monoisotopic (exact) mass is 391 g/mol. The number of carbonyl (C=O) groups excluding carboxylic acids is 1. The zero-order valence-corrected chi connectivity index (χ0v) is 12.0. The zero-order chi connectivity index (χ0) is 14.6. The fourth-order valence-electron chi connectivity index (χ4n) is 1.15. The van der Waals surface area contributed by atoms with Gasteiger partial charge in [-0.1, -0.05) is 0 Å². The van der Waals surface area contributed by atoms with Crippen LogP contribution in [0.3, 0.4) is 0 Å². The summed E-state index contributed by atoms with van der Waals surface area (Å²) in [5.41, 5.74) is -0.552. The molecular weight excluding hydrogens is 382 g/mol. The van der Waals surface area contributed by atoms with Crippen molar-refractivity contribution in [2.24, 2.45) is 0 Å². The number of nitrogens with zero attached hydrogens (tertiary/aromatic N) is 1. The molecule has 0 spiro atoms. The van der Waals surface area contributed by atoms with Gasteiger partial charge in [0.1, 0.15) is 3.57 Å². The highest BCUT2D eigenvalue weighted by Crippen LogP contribution is 2.35. The number of carbonyl (C=O) groups is 1.